The zero-order chi connectivity index (χ0) is 23.8. The first-order valence-corrected chi connectivity index (χ1v) is 12.6. The maximum atomic E-state index is 13.3. The number of anilines is 2. The summed E-state index contributed by atoms with van der Waals surface area (Å²) in [5.74, 6) is 2.60. The molecule has 2 aliphatic carbocycles. The predicted molar refractivity (Wildman–Crippen MR) is 132 cm³/mol. The average molecular weight is 463 g/mol. The van der Waals surface area contributed by atoms with Gasteiger partial charge in [-0.15, -0.1) is 0 Å². The molecule has 1 aromatic carbocycles. The van der Waals surface area contributed by atoms with Crippen molar-refractivity contribution in [2.45, 2.75) is 76.8 Å². The van der Waals surface area contributed by atoms with Crippen LogP contribution < -0.4 is 14.5 Å². The lowest BCUT2D eigenvalue weighted by Crippen LogP contribution is -2.46. The van der Waals surface area contributed by atoms with E-state index < -0.39 is 0 Å². The van der Waals surface area contributed by atoms with Crippen molar-refractivity contribution in [3.05, 3.63) is 41.3 Å². The van der Waals surface area contributed by atoms with Gasteiger partial charge in [0.1, 0.15) is 17.3 Å². The number of aromatic nitrogens is 2. The number of hydrogen-bond acceptors (Lipinski definition) is 6. The van der Waals surface area contributed by atoms with Crippen LogP contribution in [0.1, 0.15) is 80.0 Å². The quantitative estimate of drug-likeness (QED) is 0.586. The van der Waals surface area contributed by atoms with Crippen molar-refractivity contribution >= 4 is 23.2 Å². The van der Waals surface area contributed by atoms with Crippen LogP contribution in [0.25, 0.3) is 0 Å². The van der Waals surface area contributed by atoms with Gasteiger partial charge in [0.2, 0.25) is 5.91 Å². The van der Waals surface area contributed by atoms with Crippen LogP contribution in [0.4, 0.5) is 11.5 Å². The Morgan fingerprint density at radius 3 is 2.68 bits per heavy atom. The maximum Gasteiger partial charge on any atom is 0.232 e. The molecule has 2 saturated carbocycles. The number of rotatable bonds is 6. The van der Waals surface area contributed by atoms with E-state index in [0.717, 1.165) is 49.2 Å². The minimum atomic E-state index is 0.0343. The third-order valence-corrected chi connectivity index (χ3v) is 7.89. The molecule has 0 saturated heterocycles. The molecule has 7 nitrogen and oxygen atoms in total. The number of carbonyl (C=O) groups is 2. The summed E-state index contributed by atoms with van der Waals surface area (Å²) in [4.78, 5) is 39.5. The summed E-state index contributed by atoms with van der Waals surface area (Å²) in [6.45, 7) is 1.86. The monoisotopic (exact) mass is 462 g/mol. The van der Waals surface area contributed by atoms with Crippen LogP contribution in [0.2, 0.25) is 0 Å². The minimum Gasteiger partial charge on any atom is -0.496 e. The van der Waals surface area contributed by atoms with Crippen LogP contribution in [-0.4, -0.2) is 47.9 Å². The molecule has 7 heteroatoms. The van der Waals surface area contributed by atoms with Gasteiger partial charge in [0, 0.05) is 43.1 Å². The van der Waals surface area contributed by atoms with Gasteiger partial charge < -0.3 is 14.5 Å². The van der Waals surface area contributed by atoms with Crippen LogP contribution in [-0.2, 0) is 11.2 Å². The summed E-state index contributed by atoms with van der Waals surface area (Å²) < 4.78 is 5.60. The summed E-state index contributed by atoms with van der Waals surface area (Å²) in [5.41, 5.74) is 2.41. The Morgan fingerprint density at radius 2 is 1.94 bits per heavy atom. The van der Waals surface area contributed by atoms with Gasteiger partial charge in [-0.05, 0) is 31.7 Å². The summed E-state index contributed by atoms with van der Waals surface area (Å²) in [7, 11) is 3.49. The van der Waals surface area contributed by atoms with E-state index in [-0.39, 0.29) is 23.7 Å². The zero-order valence-electron chi connectivity index (χ0n) is 20.4. The first kappa shape index (κ1) is 22.8. The van der Waals surface area contributed by atoms with E-state index in [2.05, 4.69) is 9.88 Å². The van der Waals surface area contributed by atoms with E-state index in [1.54, 1.807) is 12.0 Å². The molecule has 2 aromatic rings. The fourth-order valence-electron chi connectivity index (χ4n) is 6.06. The Morgan fingerprint density at radius 1 is 1.15 bits per heavy atom. The molecular formula is C27H34N4O3. The topological polar surface area (TPSA) is 75.6 Å². The predicted octanol–water partition coefficient (Wildman–Crippen LogP) is 4.56. The van der Waals surface area contributed by atoms with E-state index in [1.807, 2.05) is 38.4 Å². The lowest BCUT2D eigenvalue weighted by atomic mass is 9.99. The second kappa shape index (κ2) is 9.35. The van der Waals surface area contributed by atoms with Crippen LogP contribution in [0.5, 0.6) is 5.75 Å². The van der Waals surface area contributed by atoms with Gasteiger partial charge in [-0.3, -0.25) is 9.59 Å². The standard InChI is InChI=1S/C27H34N4O3/c1-4-23(32)17-12-13-18(24(14-17)34-3)15-25-28-16-22-26(29-25)31(19-8-5-6-9-19)21-11-7-10-20(21)27(33)30(22)2/h12-14,16,19-21H,4-11,15H2,1-3H3/t20-,21+/m0/s1. The number of ether oxygens (including phenoxy) is 1. The molecule has 1 aliphatic heterocycles. The van der Waals surface area contributed by atoms with Gasteiger partial charge in [-0.2, -0.15) is 0 Å². The molecule has 2 fully saturated rings. The fourth-order valence-corrected chi connectivity index (χ4v) is 6.06. The molecule has 34 heavy (non-hydrogen) atoms. The number of fused-ring (bicyclic) bond motifs is 2. The maximum absolute atomic E-state index is 13.3. The van der Waals surface area contributed by atoms with Gasteiger partial charge in [-0.1, -0.05) is 38.3 Å². The van der Waals surface area contributed by atoms with Gasteiger partial charge in [0.05, 0.1) is 19.2 Å². The number of ketones is 1. The van der Waals surface area contributed by atoms with Crippen LogP contribution in [0.3, 0.4) is 0 Å². The number of methoxy groups -OCH3 is 1. The largest absolute Gasteiger partial charge is 0.496 e. The first-order valence-electron chi connectivity index (χ1n) is 12.6. The second-order valence-corrected chi connectivity index (χ2v) is 9.82. The molecule has 180 valence electrons. The molecule has 2 heterocycles. The van der Waals surface area contributed by atoms with Crippen molar-refractivity contribution in [3.63, 3.8) is 0 Å². The first-order chi connectivity index (χ1) is 16.5. The normalized spacial score (nSPS) is 22.5. The Kier molecular flexibility index (Phi) is 6.28. The van der Waals surface area contributed by atoms with E-state index in [4.69, 9.17) is 9.72 Å². The molecule has 5 rings (SSSR count). The minimum absolute atomic E-state index is 0.0343. The van der Waals surface area contributed by atoms with Crippen molar-refractivity contribution in [1.82, 2.24) is 9.97 Å². The molecular weight excluding hydrogens is 428 g/mol. The number of amides is 1. The number of Topliss-reactive ketones (excluding diaryl/α,β-unsaturated/α-hetero) is 1. The molecule has 3 aliphatic rings. The fraction of sp³-hybridized carbons (Fsp3) is 0.556. The third-order valence-electron chi connectivity index (χ3n) is 7.89. The summed E-state index contributed by atoms with van der Waals surface area (Å²) in [6, 6.07) is 6.25. The van der Waals surface area contributed by atoms with Gasteiger partial charge in [0.15, 0.2) is 11.6 Å². The van der Waals surface area contributed by atoms with Crippen molar-refractivity contribution in [2.24, 2.45) is 5.92 Å². The van der Waals surface area contributed by atoms with Crippen molar-refractivity contribution in [3.8, 4) is 5.75 Å². The molecule has 0 bridgehead atoms. The highest BCUT2D eigenvalue weighted by molar-refractivity contribution is 5.99. The van der Waals surface area contributed by atoms with Gasteiger partial charge in [0.25, 0.3) is 0 Å². The molecule has 0 spiro atoms. The highest BCUT2D eigenvalue weighted by Crippen LogP contribution is 2.44. The van der Waals surface area contributed by atoms with Crippen LogP contribution in [0.15, 0.2) is 24.4 Å². The summed E-state index contributed by atoms with van der Waals surface area (Å²) in [5, 5.41) is 0. The number of benzene rings is 1. The molecule has 2 atom stereocenters. The van der Waals surface area contributed by atoms with Crippen LogP contribution in [0, 0.1) is 5.92 Å². The molecule has 0 N–H and O–H groups in total. The Labute approximate surface area is 201 Å². The molecule has 1 amide bonds. The smallest absolute Gasteiger partial charge is 0.232 e. The summed E-state index contributed by atoms with van der Waals surface area (Å²) >= 11 is 0. The molecule has 1 aromatic heterocycles. The Bertz CT molecular complexity index is 1100. The van der Waals surface area contributed by atoms with Crippen molar-refractivity contribution < 1.29 is 14.3 Å². The molecule has 0 unspecified atom stereocenters. The zero-order valence-corrected chi connectivity index (χ0v) is 20.4. The number of carbonyl (C=O) groups excluding carboxylic acids is 2. The third kappa shape index (κ3) is 3.95. The highest BCUT2D eigenvalue weighted by Gasteiger charge is 2.45. The SMILES string of the molecule is CCC(=O)c1ccc(Cc2ncc3c(n2)N(C2CCCC2)[C@@H]2CCC[C@@H]2C(=O)N3C)c(OC)c1. The van der Waals surface area contributed by atoms with E-state index in [0.29, 0.717) is 36.0 Å². The van der Waals surface area contributed by atoms with E-state index in [1.165, 1.54) is 12.8 Å². The second-order valence-electron chi connectivity index (χ2n) is 9.82. The lowest BCUT2D eigenvalue weighted by molar-refractivity contribution is -0.122. The summed E-state index contributed by atoms with van der Waals surface area (Å²) in [6.07, 6.45) is 10.6. The number of hydrogen-bond donors (Lipinski definition) is 0. The average Bonchev–Trinajstić information content (AvgIpc) is 3.55. The van der Waals surface area contributed by atoms with E-state index >= 15 is 0 Å². The Hall–Kier alpha value is -2.96. The number of nitrogens with zero attached hydrogens (tertiary/aromatic N) is 4. The van der Waals surface area contributed by atoms with Crippen molar-refractivity contribution in [2.75, 3.05) is 24.0 Å². The Balaban J connectivity index is 1.53. The van der Waals surface area contributed by atoms with E-state index in [9.17, 15) is 9.59 Å². The van der Waals surface area contributed by atoms with Gasteiger partial charge in [-0.25, -0.2) is 9.97 Å². The highest BCUT2D eigenvalue weighted by atomic mass is 16.5. The van der Waals surface area contributed by atoms with Crippen LogP contribution >= 0.6 is 0 Å². The lowest BCUT2D eigenvalue weighted by Gasteiger charge is -2.36. The molecule has 0 radical (unpaired) electrons. The van der Waals surface area contributed by atoms with Gasteiger partial charge >= 0.3 is 0 Å². The van der Waals surface area contributed by atoms with Crippen molar-refractivity contribution in [1.29, 1.82) is 0 Å².